The fourth-order valence-corrected chi connectivity index (χ4v) is 1.84. The van der Waals surface area contributed by atoms with E-state index in [1.165, 1.54) is 17.1 Å². The van der Waals surface area contributed by atoms with Crippen LogP contribution in [-0.2, 0) is 16.1 Å². The molecule has 0 saturated carbocycles. The molecule has 1 heterocycles. The Hall–Kier alpha value is -3.09. The van der Waals surface area contributed by atoms with Crippen LogP contribution in [0.3, 0.4) is 0 Å². The maximum absolute atomic E-state index is 11.9. The van der Waals surface area contributed by atoms with Crippen LogP contribution in [-0.4, -0.2) is 28.4 Å². The van der Waals surface area contributed by atoms with E-state index in [0.717, 1.165) is 5.56 Å². The third-order valence-corrected chi connectivity index (χ3v) is 2.90. The lowest BCUT2D eigenvalue weighted by Gasteiger charge is -2.09. The van der Waals surface area contributed by atoms with Crippen LogP contribution in [0.4, 0.5) is 10.6 Å². The van der Waals surface area contributed by atoms with E-state index in [4.69, 9.17) is 9.47 Å². The van der Waals surface area contributed by atoms with Crippen LogP contribution < -0.4 is 5.32 Å². The van der Waals surface area contributed by atoms with Crippen LogP contribution in [0.2, 0.25) is 0 Å². The molecule has 0 bridgehead atoms. The standard InChI is InChI=1S/C16H17N3O4/c1-3-19-14(13(10-17-19)15(20)22-4-2)18-16(21)23-11-12-8-6-5-7-9-12/h3,5-10H,1,4,11H2,2H3,(H,18,21). The Morgan fingerprint density at radius 3 is 2.70 bits per heavy atom. The SMILES string of the molecule is C=Cn1ncc(C(=O)OCC)c1NC(=O)OCc1ccccc1. The Bertz CT molecular complexity index is 695. The van der Waals surface area contributed by atoms with Crippen LogP contribution in [0.1, 0.15) is 22.8 Å². The van der Waals surface area contributed by atoms with Gasteiger partial charge >= 0.3 is 12.1 Å². The van der Waals surface area contributed by atoms with E-state index in [-0.39, 0.29) is 24.6 Å². The zero-order valence-corrected chi connectivity index (χ0v) is 12.7. The van der Waals surface area contributed by atoms with Crippen molar-refractivity contribution >= 4 is 24.1 Å². The van der Waals surface area contributed by atoms with Crippen molar-refractivity contribution in [3.05, 3.63) is 54.2 Å². The molecule has 0 aliphatic rings. The number of ether oxygens (including phenoxy) is 2. The second-order valence-electron chi connectivity index (χ2n) is 4.44. The zero-order chi connectivity index (χ0) is 16.7. The quantitative estimate of drug-likeness (QED) is 0.829. The summed E-state index contributed by atoms with van der Waals surface area (Å²) in [5.74, 6) is -0.435. The summed E-state index contributed by atoms with van der Waals surface area (Å²) in [5, 5.41) is 6.42. The largest absolute Gasteiger partial charge is 0.462 e. The van der Waals surface area contributed by atoms with Gasteiger partial charge in [0.05, 0.1) is 12.8 Å². The number of amides is 1. The van der Waals surface area contributed by atoms with E-state index < -0.39 is 12.1 Å². The van der Waals surface area contributed by atoms with Crippen LogP contribution >= 0.6 is 0 Å². The van der Waals surface area contributed by atoms with Gasteiger partial charge in [-0.25, -0.2) is 14.3 Å². The fourth-order valence-electron chi connectivity index (χ4n) is 1.84. The van der Waals surface area contributed by atoms with Gasteiger partial charge in [0.15, 0.2) is 5.82 Å². The maximum Gasteiger partial charge on any atom is 0.413 e. The van der Waals surface area contributed by atoms with Gasteiger partial charge in [0.1, 0.15) is 12.2 Å². The third-order valence-electron chi connectivity index (χ3n) is 2.90. The molecule has 0 aliphatic carbocycles. The molecule has 1 aromatic heterocycles. The van der Waals surface area contributed by atoms with Crippen molar-refractivity contribution in [2.24, 2.45) is 0 Å². The van der Waals surface area contributed by atoms with Crippen LogP contribution in [0.5, 0.6) is 0 Å². The second-order valence-corrected chi connectivity index (χ2v) is 4.44. The summed E-state index contributed by atoms with van der Waals surface area (Å²) in [7, 11) is 0. The minimum Gasteiger partial charge on any atom is -0.462 e. The predicted molar refractivity (Wildman–Crippen MR) is 84.8 cm³/mol. The molecule has 1 N–H and O–H groups in total. The summed E-state index contributed by atoms with van der Waals surface area (Å²) in [6.07, 6.45) is 1.95. The molecule has 0 fully saturated rings. The molecule has 7 heteroatoms. The van der Waals surface area contributed by atoms with E-state index in [9.17, 15) is 9.59 Å². The van der Waals surface area contributed by atoms with Gasteiger partial charge in [-0.2, -0.15) is 5.10 Å². The smallest absolute Gasteiger partial charge is 0.413 e. The monoisotopic (exact) mass is 315 g/mol. The Morgan fingerprint density at radius 1 is 1.30 bits per heavy atom. The minimum atomic E-state index is -0.706. The summed E-state index contributed by atoms with van der Waals surface area (Å²) in [6, 6.07) is 9.25. The van der Waals surface area contributed by atoms with Crippen LogP contribution in [0, 0.1) is 0 Å². The molecular weight excluding hydrogens is 298 g/mol. The van der Waals surface area contributed by atoms with Crippen molar-refractivity contribution in [3.63, 3.8) is 0 Å². The maximum atomic E-state index is 11.9. The number of anilines is 1. The number of rotatable bonds is 6. The van der Waals surface area contributed by atoms with Gasteiger partial charge in [-0.3, -0.25) is 5.32 Å². The lowest BCUT2D eigenvalue weighted by molar-refractivity contribution is 0.0527. The lowest BCUT2D eigenvalue weighted by Crippen LogP contribution is -2.18. The molecule has 23 heavy (non-hydrogen) atoms. The van der Waals surface area contributed by atoms with Gasteiger partial charge in [0.2, 0.25) is 0 Å². The Balaban J connectivity index is 2.06. The summed E-state index contributed by atoms with van der Waals surface area (Å²) in [5.41, 5.74) is 0.980. The van der Waals surface area contributed by atoms with Gasteiger partial charge in [-0.05, 0) is 12.5 Å². The Labute approximate surface area is 133 Å². The van der Waals surface area contributed by atoms with Crippen LogP contribution in [0.15, 0.2) is 43.1 Å². The molecule has 0 saturated heterocycles. The Kier molecular flexibility index (Phi) is 5.51. The number of hydrogen-bond acceptors (Lipinski definition) is 5. The van der Waals surface area contributed by atoms with E-state index >= 15 is 0 Å². The number of aromatic nitrogens is 2. The van der Waals surface area contributed by atoms with Gasteiger partial charge in [-0.15, -0.1) is 0 Å². The van der Waals surface area contributed by atoms with Crippen molar-refractivity contribution in [1.29, 1.82) is 0 Å². The van der Waals surface area contributed by atoms with Gasteiger partial charge < -0.3 is 9.47 Å². The number of nitrogens with zero attached hydrogens (tertiary/aromatic N) is 2. The minimum absolute atomic E-state index is 0.115. The predicted octanol–water partition coefficient (Wildman–Crippen LogP) is 2.91. The van der Waals surface area contributed by atoms with E-state index in [1.807, 2.05) is 30.3 Å². The van der Waals surface area contributed by atoms with E-state index in [0.29, 0.717) is 0 Å². The molecule has 0 radical (unpaired) electrons. The van der Waals surface area contributed by atoms with Crippen molar-refractivity contribution in [2.45, 2.75) is 13.5 Å². The normalized spacial score (nSPS) is 9.96. The lowest BCUT2D eigenvalue weighted by atomic mass is 10.2. The summed E-state index contributed by atoms with van der Waals surface area (Å²) in [6.45, 7) is 5.59. The highest BCUT2D eigenvalue weighted by Crippen LogP contribution is 2.17. The van der Waals surface area contributed by atoms with Crippen molar-refractivity contribution < 1.29 is 19.1 Å². The summed E-state index contributed by atoms with van der Waals surface area (Å²) < 4.78 is 11.3. The molecule has 1 amide bonds. The molecule has 2 aromatic rings. The number of esters is 1. The molecule has 7 nitrogen and oxygen atoms in total. The first-order chi connectivity index (χ1) is 11.2. The number of carbonyl (C=O) groups excluding carboxylic acids is 2. The molecular formula is C16H17N3O4. The average Bonchev–Trinajstić information content (AvgIpc) is 2.97. The number of carbonyl (C=O) groups is 2. The molecule has 0 atom stereocenters. The van der Waals surface area contributed by atoms with Crippen molar-refractivity contribution in [3.8, 4) is 0 Å². The third kappa shape index (κ3) is 4.19. The Morgan fingerprint density at radius 2 is 2.04 bits per heavy atom. The van der Waals surface area contributed by atoms with Crippen molar-refractivity contribution in [2.75, 3.05) is 11.9 Å². The average molecular weight is 315 g/mol. The van der Waals surface area contributed by atoms with Gasteiger partial charge in [-0.1, -0.05) is 36.9 Å². The first-order valence-electron chi connectivity index (χ1n) is 7.00. The topological polar surface area (TPSA) is 82.5 Å². The second kappa shape index (κ2) is 7.79. The summed E-state index contributed by atoms with van der Waals surface area (Å²) >= 11 is 0. The molecule has 0 unspecified atom stereocenters. The highest BCUT2D eigenvalue weighted by molar-refractivity contribution is 5.98. The van der Waals surface area contributed by atoms with Gasteiger partial charge in [0, 0.05) is 6.20 Å². The zero-order valence-electron chi connectivity index (χ0n) is 12.7. The van der Waals surface area contributed by atoms with Crippen molar-refractivity contribution in [1.82, 2.24) is 9.78 Å². The first-order valence-corrected chi connectivity index (χ1v) is 7.00. The molecule has 2 rings (SSSR count). The number of nitrogens with one attached hydrogen (secondary N) is 1. The highest BCUT2D eigenvalue weighted by Gasteiger charge is 2.20. The van der Waals surface area contributed by atoms with Crippen LogP contribution in [0.25, 0.3) is 6.20 Å². The molecule has 120 valence electrons. The fraction of sp³-hybridized carbons (Fsp3) is 0.188. The number of benzene rings is 1. The molecule has 1 aromatic carbocycles. The number of hydrogen-bond donors (Lipinski definition) is 1. The molecule has 0 spiro atoms. The summed E-state index contributed by atoms with van der Waals surface area (Å²) in [4.78, 5) is 23.8. The molecule has 0 aliphatic heterocycles. The van der Waals surface area contributed by atoms with E-state index in [1.54, 1.807) is 6.92 Å². The van der Waals surface area contributed by atoms with Gasteiger partial charge in [0.25, 0.3) is 0 Å². The van der Waals surface area contributed by atoms with E-state index in [2.05, 4.69) is 17.0 Å². The highest BCUT2D eigenvalue weighted by atomic mass is 16.5. The first kappa shape index (κ1) is 16.3.